The van der Waals surface area contributed by atoms with E-state index in [1.54, 1.807) is 0 Å². The molecule has 0 aromatic carbocycles. The third kappa shape index (κ3) is 1.80. The molecule has 80 valence electrons. The Hall–Kier alpha value is -1.27. The lowest BCUT2D eigenvalue weighted by Crippen LogP contribution is -2.41. The lowest BCUT2D eigenvalue weighted by molar-refractivity contribution is -0.222. The van der Waals surface area contributed by atoms with Crippen LogP contribution in [0.4, 0.5) is 13.2 Å². The first-order chi connectivity index (χ1) is 6.27. The zero-order valence-electron chi connectivity index (χ0n) is 7.02. The summed E-state index contributed by atoms with van der Waals surface area (Å²) in [6.07, 6.45) is -6.55. The van der Waals surface area contributed by atoms with Crippen LogP contribution in [-0.2, 0) is 9.59 Å². The molecule has 0 bridgehead atoms. The number of carboxylic acid groups (broad SMARTS) is 1. The number of hydrogen-bond donors (Lipinski definition) is 2. The number of rotatable bonds is 2. The zero-order valence-corrected chi connectivity index (χ0v) is 7.02. The number of amides is 1. The topological polar surface area (TPSA) is 66.4 Å². The van der Waals surface area contributed by atoms with E-state index in [0.29, 0.717) is 0 Å². The second kappa shape index (κ2) is 3.14. The predicted octanol–water partition coefficient (Wildman–Crippen LogP) is 0.530. The molecule has 2 N–H and O–H groups in total. The van der Waals surface area contributed by atoms with Crippen molar-refractivity contribution < 1.29 is 27.9 Å². The predicted molar refractivity (Wildman–Crippen MR) is 38.4 cm³/mol. The first kappa shape index (κ1) is 10.8. The quantitative estimate of drug-likeness (QED) is 0.700. The first-order valence-corrected chi connectivity index (χ1v) is 3.82. The van der Waals surface area contributed by atoms with Gasteiger partial charge in [0.15, 0.2) is 0 Å². The van der Waals surface area contributed by atoms with E-state index in [-0.39, 0.29) is 0 Å². The standard InChI is InChI=1S/C7H8F3NO3/c8-7(9,10)6(2-5(13)14)1-4(12)11-3-6/h1-3H2,(H,11,12)(H,13,14). The summed E-state index contributed by atoms with van der Waals surface area (Å²) >= 11 is 0. The minimum absolute atomic E-state index is 0.651. The molecule has 1 rings (SSSR count). The number of aliphatic carboxylic acids is 1. The maximum absolute atomic E-state index is 12.5. The van der Waals surface area contributed by atoms with Gasteiger partial charge in [0.25, 0.3) is 0 Å². The Balaban J connectivity index is 2.92. The van der Waals surface area contributed by atoms with E-state index in [4.69, 9.17) is 5.11 Å². The zero-order chi connectivity index (χ0) is 11.0. The van der Waals surface area contributed by atoms with Crippen molar-refractivity contribution in [3.8, 4) is 0 Å². The van der Waals surface area contributed by atoms with Gasteiger partial charge in [-0.05, 0) is 0 Å². The number of halogens is 3. The molecule has 1 heterocycles. The van der Waals surface area contributed by atoms with E-state index in [1.807, 2.05) is 5.32 Å². The summed E-state index contributed by atoms with van der Waals surface area (Å²) in [4.78, 5) is 21.0. The number of alkyl halides is 3. The molecule has 1 atom stereocenters. The van der Waals surface area contributed by atoms with Gasteiger partial charge in [-0.25, -0.2) is 0 Å². The molecule has 0 aromatic rings. The van der Waals surface area contributed by atoms with Crippen molar-refractivity contribution in [2.75, 3.05) is 6.54 Å². The molecule has 1 aliphatic rings. The van der Waals surface area contributed by atoms with Gasteiger partial charge in [-0.2, -0.15) is 13.2 Å². The third-order valence-corrected chi connectivity index (χ3v) is 2.21. The van der Waals surface area contributed by atoms with Crippen LogP contribution in [0.25, 0.3) is 0 Å². The maximum atomic E-state index is 12.5. The van der Waals surface area contributed by atoms with E-state index >= 15 is 0 Å². The Bertz CT molecular complexity index is 276. The molecule has 1 unspecified atom stereocenters. The molecular formula is C7H8F3NO3. The molecule has 0 aromatic heterocycles. The van der Waals surface area contributed by atoms with Crippen LogP contribution in [0.15, 0.2) is 0 Å². The van der Waals surface area contributed by atoms with Gasteiger partial charge < -0.3 is 10.4 Å². The minimum atomic E-state index is -4.68. The average molecular weight is 211 g/mol. The van der Waals surface area contributed by atoms with Crippen molar-refractivity contribution in [1.82, 2.24) is 5.32 Å². The van der Waals surface area contributed by atoms with Gasteiger partial charge in [0.2, 0.25) is 5.91 Å². The summed E-state index contributed by atoms with van der Waals surface area (Å²) < 4.78 is 37.5. The van der Waals surface area contributed by atoms with Crippen LogP contribution < -0.4 is 5.32 Å². The van der Waals surface area contributed by atoms with Crippen LogP contribution in [-0.4, -0.2) is 29.7 Å². The normalized spacial score (nSPS) is 27.5. The summed E-state index contributed by atoms with van der Waals surface area (Å²) in [6, 6.07) is 0. The van der Waals surface area contributed by atoms with E-state index in [9.17, 15) is 22.8 Å². The van der Waals surface area contributed by atoms with Crippen LogP contribution in [0.5, 0.6) is 0 Å². The number of hydrogen-bond acceptors (Lipinski definition) is 2. The summed E-state index contributed by atoms with van der Waals surface area (Å²) in [5.41, 5.74) is -2.43. The van der Waals surface area contributed by atoms with E-state index in [2.05, 4.69) is 0 Å². The van der Waals surface area contributed by atoms with Crippen molar-refractivity contribution in [2.24, 2.45) is 5.41 Å². The largest absolute Gasteiger partial charge is 0.481 e. The van der Waals surface area contributed by atoms with Crippen LogP contribution in [0, 0.1) is 5.41 Å². The highest BCUT2D eigenvalue weighted by Crippen LogP contribution is 2.45. The summed E-state index contributed by atoms with van der Waals surface area (Å²) in [7, 11) is 0. The Kier molecular flexibility index (Phi) is 2.43. The first-order valence-electron chi connectivity index (χ1n) is 3.82. The lowest BCUT2D eigenvalue weighted by Gasteiger charge is -2.27. The fraction of sp³-hybridized carbons (Fsp3) is 0.714. The average Bonchev–Trinajstić information content (AvgIpc) is 2.29. The van der Waals surface area contributed by atoms with Crippen LogP contribution in [0.1, 0.15) is 12.8 Å². The molecule has 7 heteroatoms. The molecule has 0 spiro atoms. The van der Waals surface area contributed by atoms with Crippen LogP contribution in [0.2, 0.25) is 0 Å². The number of nitrogens with one attached hydrogen (secondary N) is 1. The van der Waals surface area contributed by atoms with E-state index < -0.39 is 42.9 Å². The molecule has 1 saturated heterocycles. The van der Waals surface area contributed by atoms with Gasteiger partial charge in [-0.1, -0.05) is 0 Å². The molecule has 0 radical (unpaired) electrons. The summed E-state index contributed by atoms with van der Waals surface area (Å²) in [6.45, 7) is -0.651. The molecule has 0 saturated carbocycles. The molecule has 0 aliphatic carbocycles. The Morgan fingerprint density at radius 2 is 2.14 bits per heavy atom. The van der Waals surface area contributed by atoms with Gasteiger partial charge in [0.1, 0.15) is 5.41 Å². The second-order valence-corrected chi connectivity index (χ2v) is 3.30. The Morgan fingerprint density at radius 1 is 1.57 bits per heavy atom. The van der Waals surface area contributed by atoms with E-state index in [1.165, 1.54) is 0 Å². The van der Waals surface area contributed by atoms with Gasteiger partial charge in [-0.3, -0.25) is 9.59 Å². The number of carbonyl (C=O) groups excluding carboxylic acids is 1. The van der Waals surface area contributed by atoms with Crippen LogP contribution in [0.3, 0.4) is 0 Å². The van der Waals surface area contributed by atoms with E-state index in [0.717, 1.165) is 0 Å². The Labute approximate surface area is 77.1 Å². The number of carboxylic acids is 1. The Morgan fingerprint density at radius 3 is 2.43 bits per heavy atom. The van der Waals surface area contributed by atoms with Gasteiger partial charge in [0, 0.05) is 13.0 Å². The van der Waals surface area contributed by atoms with Crippen molar-refractivity contribution >= 4 is 11.9 Å². The molecule has 4 nitrogen and oxygen atoms in total. The van der Waals surface area contributed by atoms with Gasteiger partial charge in [0.05, 0.1) is 6.42 Å². The highest BCUT2D eigenvalue weighted by atomic mass is 19.4. The smallest absolute Gasteiger partial charge is 0.397 e. The highest BCUT2D eigenvalue weighted by Gasteiger charge is 2.59. The number of carbonyl (C=O) groups is 2. The van der Waals surface area contributed by atoms with Gasteiger partial charge >= 0.3 is 12.1 Å². The minimum Gasteiger partial charge on any atom is -0.481 e. The van der Waals surface area contributed by atoms with Crippen molar-refractivity contribution in [1.29, 1.82) is 0 Å². The van der Waals surface area contributed by atoms with Crippen molar-refractivity contribution in [2.45, 2.75) is 19.0 Å². The SMILES string of the molecule is O=C(O)CC1(C(F)(F)F)CNC(=O)C1. The van der Waals surface area contributed by atoms with Gasteiger partial charge in [-0.15, -0.1) is 0 Å². The fourth-order valence-electron chi connectivity index (χ4n) is 1.42. The van der Waals surface area contributed by atoms with Crippen molar-refractivity contribution in [3.05, 3.63) is 0 Å². The highest BCUT2D eigenvalue weighted by molar-refractivity contribution is 5.81. The van der Waals surface area contributed by atoms with Crippen molar-refractivity contribution in [3.63, 3.8) is 0 Å². The molecule has 14 heavy (non-hydrogen) atoms. The van der Waals surface area contributed by atoms with Crippen LogP contribution >= 0.6 is 0 Å². The molecule has 1 amide bonds. The molecule has 1 aliphatic heterocycles. The molecular weight excluding hydrogens is 203 g/mol. The fourth-order valence-corrected chi connectivity index (χ4v) is 1.42. The summed E-state index contributed by atoms with van der Waals surface area (Å²) in [5, 5.41) is 10.3. The lowest BCUT2D eigenvalue weighted by atomic mass is 9.83. The summed E-state index contributed by atoms with van der Waals surface area (Å²) in [5.74, 6) is -2.32. The maximum Gasteiger partial charge on any atom is 0.397 e. The monoisotopic (exact) mass is 211 g/mol. The molecule has 1 fully saturated rings. The third-order valence-electron chi connectivity index (χ3n) is 2.21. The second-order valence-electron chi connectivity index (χ2n) is 3.30.